The molecule has 0 aliphatic carbocycles. The number of nitrogens with zero attached hydrogens (tertiary/aromatic N) is 3. The second kappa shape index (κ2) is 15.1. The minimum Gasteiger partial charge on any atom is -0.467 e. The van der Waals surface area contributed by atoms with Crippen LogP contribution in [0.15, 0.2) is 27.8 Å². The van der Waals surface area contributed by atoms with Crippen molar-refractivity contribution in [3.8, 4) is 0 Å². The SMILES string of the molecule is CN=C(NCCCOCc1ccco1)NCCCN1CCCN(C)CC1.I. The number of hydrogen-bond acceptors (Lipinski definition) is 5. The van der Waals surface area contributed by atoms with Crippen molar-refractivity contribution in [3.05, 3.63) is 24.2 Å². The van der Waals surface area contributed by atoms with Crippen molar-refractivity contribution in [1.82, 2.24) is 20.4 Å². The Balaban J connectivity index is 0.00000364. The van der Waals surface area contributed by atoms with Crippen molar-refractivity contribution in [2.45, 2.75) is 25.9 Å². The molecule has 2 heterocycles. The Hall–Kier alpha value is -0.840. The summed E-state index contributed by atoms with van der Waals surface area (Å²) in [6.45, 7) is 8.97. The van der Waals surface area contributed by atoms with Gasteiger partial charge in [-0.25, -0.2) is 0 Å². The number of guanidine groups is 1. The molecule has 0 aromatic carbocycles. The number of aliphatic imine (C=N–C) groups is 1. The highest BCUT2D eigenvalue weighted by Crippen LogP contribution is 2.02. The second-order valence-corrected chi connectivity index (χ2v) is 6.76. The average molecular weight is 493 g/mol. The lowest BCUT2D eigenvalue weighted by Crippen LogP contribution is -2.39. The minimum absolute atomic E-state index is 0. The fourth-order valence-electron chi connectivity index (χ4n) is 3.00. The summed E-state index contributed by atoms with van der Waals surface area (Å²) in [6.07, 6.45) is 5.01. The summed E-state index contributed by atoms with van der Waals surface area (Å²) in [4.78, 5) is 9.26. The fourth-order valence-corrected chi connectivity index (χ4v) is 3.00. The lowest BCUT2D eigenvalue weighted by molar-refractivity contribution is 0.105. The highest BCUT2D eigenvalue weighted by Gasteiger charge is 2.11. The number of ether oxygens (including phenoxy) is 1. The van der Waals surface area contributed by atoms with Gasteiger partial charge in [-0.1, -0.05) is 0 Å². The summed E-state index contributed by atoms with van der Waals surface area (Å²) in [5, 5.41) is 6.73. The molecule has 0 unspecified atom stereocenters. The van der Waals surface area contributed by atoms with Gasteiger partial charge in [0.15, 0.2) is 5.96 Å². The van der Waals surface area contributed by atoms with Crippen LogP contribution in [-0.2, 0) is 11.3 Å². The van der Waals surface area contributed by atoms with Crippen LogP contribution >= 0.6 is 24.0 Å². The van der Waals surface area contributed by atoms with Gasteiger partial charge in [0.2, 0.25) is 0 Å². The molecule has 0 bridgehead atoms. The number of furan rings is 1. The standard InChI is InChI=1S/C19H35N5O2.HI/c1-20-19(22-9-5-15-25-17-18-7-3-16-26-18)21-8-4-11-24-12-6-10-23(2)13-14-24;/h3,7,16H,4-6,8-15,17H2,1-2H3,(H2,20,21,22);1H. The van der Waals surface area contributed by atoms with Crippen LogP contribution in [0.2, 0.25) is 0 Å². The summed E-state index contributed by atoms with van der Waals surface area (Å²) in [7, 11) is 4.02. The summed E-state index contributed by atoms with van der Waals surface area (Å²) >= 11 is 0. The van der Waals surface area contributed by atoms with Crippen LogP contribution in [0.3, 0.4) is 0 Å². The first-order chi connectivity index (χ1) is 12.8. The van der Waals surface area contributed by atoms with Gasteiger partial charge in [-0.05, 0) is 58.1 Å². The van der Waals surface area contributed by atoms with Gasteiger partial charge in [0.25, 0.3) is 0 Å². The van der Waals surface area contributed by atoms with Crippen LogP contribution in [-0.4, -0.2) is 82.3 Å². The van der Waals surface area contributed by atoms with Gasteiger partial charge in [-0.2, -0.15) is 0 Å². The third-order valence-electron chi connectivity index (χ3n) is 4.56. The lowest BCUT2D eigenvalue weighted by atomic mass is 10.3. The van der Waals surface area contributed by atoms with Crippen molar-refractivity contribution in [2.75, 3.05) is 66.5 Å². The van der Waals surface area contributed by atoms with Crippen LogP contribution in [0, 0.1) is 0 Å². The van der Waals surface area contributed by atoms with Crippen molar-refractivity contribution in [1.29, 1.82) is 0 Å². The van der Waals surface area contributed by atoms with Crippen molar-refractivity contribution in [3.63, 3.8) is 0 Å². The van der Waals surface area contributed by atoms with E-state index in [0.717, 1.165) is 44.2 Å². The zero-order valence-electron chi connectivity index (χ0n) is 16.8. The number of rotatable bonds is 10. The Kier molecular flexibility index (Phi) is 13.6. The minimum atomic E-state index is 0. The molecule has 1 fully saturated rings. The summed E-state index contributed by atoms with van der Waals surface area (Å²) in [6, 6.07) is 3.80. The second-order valence-electron chi connectivity index (χ2n) is 6.76. The van der Waals surface area contributed by atoms with Gasteiger partial charge in [0, 0.05) is 39.8 Å². The molecule has 1 saturated heterocycles. The Morgan fingerprint density at radius 2 is 2.00 bits per heavy atom. The summed E-state index contributed by atoms with van der Waals surface area (Å²) < 4.78 is 10.8. The molecule has 7 nitrogen and oxygen atoms in total. The van der Waals surface area contributed by atoms with Crippen LogP contribution in [0.4, 0.5) is 0 Å². The maximum absolute atomic E-state index is 5.57. The molecule has 1 aromatic heterocycles. The van der Waals surface area contributed by atoms with Gasteiger partial charge in [0.1, 0.15) is 12.4 Å². The van der Waals surface area contributed by atoms with E-state index in [2.05, 4.69) is 32.5 Å². The average Bonchev–Trinajstić information content (AvgIpc) is 3.08. The predicted molar refractivity (Wildman–Crippen MR) is 121 cm³/mol. The molecule has 1 aromatic rings. The van der Waals surface area contributed by atoms with E-state index in [1.807, 2.05) is 19.2 Å². The third-order valence-corrected chi connectivity index (χ3v) is 4.56. The topological polar surface area (TPSA) is 65.3 Å². The van der Waals surface area contributed by atoms with Crippen LogP contribution in [0.25, 0.3) is 0 Å². The molecule has 0 amide bonds. The Morgan fingerprint density at radius 3 is 2.74 bits per heavy atom. The molecule has 1 aliphatic rings. The smallest absolute Gasteiger partial charge is 0.190 e. The molecule has 0 radical (unpaired) electrons. The van der Waals surface area contributed by atoms with Gasteiger partial charge in [-0.15, -0.1) is 24.0 Å². The molecule has 0 spiro atoms. The zero-order chi connectivity index (χ0) is 18.5. The van der Waals surface area contributed by atoms with E-state index < -0.39 is 0 Å². The Morgan fingerprint density at radius 1 is 1.19 bits per heavy atom. The van der Waals surface area contributed by atoms with Crippen LogP contribution in [0.1, 0.15) is 25.0 Å². The van der Waals surface area contributed by atoms with Crippen LogP contribution < -0.4 is 10.6 Å². The highest BCUT2D eigenvalue weighted by atomic mass is 127. The predicted octanol–water partition coefficient (Wildman–Crippen LogP) is 2.00. The van der Waals surface area contributed by atoms with Crippen molar-refractivity contribution >= 4 is 29.9 Å². The summed E-state index contributed by atoms with van der Waals surface area (Å²) in [5.41, 5.74) is 0. The first kappa shape index (κ1) is 24.2. The quantitative estimate of drug-likeness (QED) is 0.225. The van der Waals surface area contributed by atoms with E-state index >= 15 is 0 Å². The van der Waals surface area contributed by atoms with Gasteiger partial charge >= 0.3 is 0 Å². The zero-order valence-corrected chi connectivity index (χ0v) is 19.1. The normalized spacial score (nSPS) is 16.6. The van der Waals surface area contributed by atoms with E-state index in [-0.39, 0.29) is 24.0 Å². The van der Waals surface area contributed by atoms with Gasteiger partial charge in [0.05, 0.1) is 6.26 Å². The Bertz CT molecular complexity index is 498. The number of hydrogen-bond donors (Lipinski definition) is 2. The molecule has 1 aliphatic heterocycles. The Labute approximate surface area is 180 Å². The van der Waals surface area contributed by atoms with E-state index in [9.17, 15) is 0 Å². The van der Waals surface area contributed by atoms with E-state index in [1.54, 1.807) is 6.26 Å². The molecular weight excluding hydrogens is 457 g/mol. The third kappa shape index (κ3) is 10.9. The molecule has 156 valence electrons. The maximum atomic E-state index is 5.57. The molecule has 2 N–H and O–H groups in total. The molecule has 0 saturated carbocycles. The van der Waals surface area contributed by atoms with E-state index in [4.69, 9.17) is 9.15 Å². The summed E-state index contributed by atoms with van der Waals surface area (Å²) in [5.74, 6) is 1.73. The maximum Gasteiger partial charge on any atom is 0.190 e. The van der Waals surface area contributed by atoms with E-state index in [0.29, 0.717) is 13.2 Å². The molecule has 2 rings (SSSR count). The molecule has 27 heavy (non-hydrogen) atoms. The number of nitrogens with one attached hydrogen (secondary N) is 2. The highest BCUT2D eigenvalue weighted by molar-refractivity contribution is 14.0. The number of halogens is 1. The van der Waals surface area contributed by atoms with E-state index in [1.165, 1.54) is 32.6 Å². The fraction of sp³-hybridized carbons (Fsp3) is 0.737. The largest absolute Gasteiger partial charge is 0.467 e. The first-order valence-electron chi connectivity index (χ1n) is 9.73. The molecule has 0 atom stereocenters. The molecule has 8 heteroatoms. The number of likely N-dealkylation sites (N-methyl/N-ethyl adjacent to an activating group) is 1. The van der Waals surface area contributed by atoms with Crippen molar-refractivity contribution in [2.24, 2.45) is 4.99 Å². The van der Waals surface area contributed by atoms with Crippen LogP contribution in [0.5, 0.6) is 0 Å². The van der Waals surface area contributed by atoms with Gasteiger partial charge in [-0.3, -0.25) is 4.99 Å². The lowest BCUT2D eigenvalue weighted by Gasteiger charge is -2.20. The molecular formula is C19H36IN5O2. The first-order valence-corrected chi connectivity index (χ1v) is 9.73. The van der Waals surface area contributed by atoms with Crippen molar-refractivity contribution < 1.29 is 9.15 Å². The monoisotopic (exact) mass is 493 g/mol. The van der Waals surface area contributed by atoms with Gasteiger partial charge < -0.3 is 29.6 Å².